The third-order valence-electron chi connectivity index (χ3n) is 4.27. The van der Waals surface area contributed by atoms with Gasteiger partial charge in [-0.3, -0.25) is 4.79 Å². The minimum Gasteiger partial charge on any atom is -0.478 e. The number of hydrogen-bond acceptors (Lipinski definition) is 3. The van der Waals surface area contributed by atoms with E-state index in [1.165, 1.54) is 0 Å². The first-order valence-electron chi connectivity index (χ1n) is 7.89. The lowest BCUT2D eigenvalue weighted by molar-refractivity contribution is -0.140. The second-order valence-electron chi connectivity index (χ2n) is 6.05. The molecule has 0 aromatic carbocycles. The average molecular weight is 304 g/mol. The summed E-state index contributed by atoms with van der Waals surface area (Å²) in [5, 5.41) is 9.16. The van der Waals surface area contributed by atoms with Crippen LogP contribution in [0.3, 0.4) is 0 Å². The van der Waals surface area contributed by atoms with E-state index in [4.69, 9.17) is 17.7 Å². The van der Waals surface area contributed by atoms with Gasteiger partial charge < -0.3 is 9.84 Å². The summed E-state index contributed by atoms with van der Waals surface area (Å²) in [6, 6.07) is 0. The standard InChI is InChI=1S/C17H25BO4/c1-12-4-3-5-14(11-22-16(19)10-18)7-9-15(8-6-12)13(2)17(20)21/h5,12,15H,2-4,6-11H2,1H3,(H,20,21)/b14-5+. The summed E-state index contributed by atoms with van der Waals surface area (Å²) >= 11 is 0. The van der Waals surface area contributed by atoms with Gasteiger partial charge in [0.25, 0.3) is 5.97 Å². The smallest absolute Gasteiger partial charge is 0.331 e. The third kappa shape index (κ3) is 6.50. The Labute approximate surface area is 134 Å². The molecule has 0 aliphatic heterocycles. The highest BCUT2D eigenvalue weighted by molar-refractivity contribution is 6.18. The molecule has 1 N–H and O–H groups in total. The Kier molecular flexibility index (Phi) is 8.00. The Hall–Kier alpha value is -1.52. The van der Waals surface area contributed by atoms with Gasteiger partial charge in [0.1, 0.15) is 6.61 Å². The maximum Gasteiger partial charge on any atom is 0.331 e. The van der Waals surface area contributed by atoms with Gasteiger partial charge in [-0.2, -0.15) is 0 Å². The molecule has 0 spiro atoms. The summed E-state index contributed by atoms with van der Waals surface area (Å²) in [5.41, 5.74) is 1.32. The zero-order chi connectivity index (χ0) is 16.5. The van der Waals surface area contributed by atoms with Gasteiger partial charge in [-0.1, -0.05) is 26.0 Å². The predicted molar refractivity (Wildman–Crippen MR) is 86.7 cm³/mol. The summed E-state index contributed by atoms with van der Waals surface area (Å²) < 4.78 is 5.10. The average Bonchev–Trinajstić information content (AvgIpc) is 2.50. The Morgan fingerprint density at radius 2 is 2.09 bits per heavy atom. The molecule has 2 unspecified atom stereocenters. The Balaban J connectivity index is 2.72. The summed E-state index contributed by atoms with van der Waals surface area (Å²) in [4.78, 5) is 22.3. The van der Waals surface area contributed by atoms with Gasteiger partial charge in [0, 0.05) is 11.9 Å². The number of ether oxygens (including phenoxy) is 1. The van der Waals surface area contributed by atoms with Crippen molar-refractivity contribution < 1.29 is 19.4 Å². The van der Waals surface area contributed by atoms with Crippen LogP contribution in [-0.2, 0) is 14.3 Å². The number of carboxylic acids is 1. The maximum atomic E-state index is 11.2. The van der Waals surface area contributed by atoms with Gasteiger partial charge in [-0.15, -0.1) is 0 Å². The van der Waals surface area contributed by atoms with Gasteiger partial charge in [-0.25, -0.2) is 4.79 Å². The molecule has 4 nitrogen and oxygen atoms in total. The van der Waals surface area contributed by atoms with E-state index in [0.717, 1.165) is 44.1 Å². The van der Waals surface area contributed by atoms with Crippen molar-refractivity contribution in [3.63, 3.8) is 0 Å². The van der Waals surface area contributed by atoms with Crippen molar-refractivity contribution in [2.75, 3.05) is 6.61 Å². The molecule has 1 aliphatic rings. The largest absolute Gasteiger partial charge is 0.478 e. The van der Waals surface area contributed by atoms with Crippen molar-refractivity contribution in [3.05, 3.63) is 23.8 Å². The molecule has 0 fully saturated rings. The van der Waals surface area contributed by atoms with E-state index in [0.29, 0.717) is 5.92 Å². The highest BCUT2D eigenvalue weighted by Gasteiger charge is 2.20. The molecule has 22 heavy (non-hydrogen) atoms. The van der Waals surface area contributed by atoms with Crippen molar-refractivity contribution in [2.45, 2.75) is 51.8 Å². The van der Waals surface area contributed by atoms with Gasteiger partial charge >= 0.3 is 5.97 Å². The van der Waals surface area contributed by atoms with E-state index in [-0.39, 0.29) is 24.4 Å². The van der Waals surface area contributed by atoms with E-state index in [1.54, 1.807) is 0 Å². The van der Waals surface area contributed by atoms with Crippen molar-refractivity contribution in [3.8, 4) is 0 Å². The molecule has 0 amide bonds. The monoisotopic (exact) mass is 304 g/mol. The van der Waals surface area contributed by atoms with E-state index in [1.807, 2.05) is 0 Å². The molecule has 0 aromatic heterocycles. The van der Waals surface area contributed by atoms with Crippen LogP contribution >= 0.6 is 0 Å². The normalized spacial score (nSPS) is 25.6. The fourth-order valence-electron chi connectivity index (χ4n) is 2.69. The van der Waals surface area contributed by atoms with Crippen LogP contribution in [0, 0.1) is 11.8 Å². The number of aliphatic carboxylic acids is 1. The highest BCUT2D eigenvalue weighted by Crippen LogP contribution is 2.29. The topological polar surface area (TPSA) is 63.6 Å². The molecule has 2 radical (unpaired) electrons. The Bertz CT molecular complexity index is 442. The number of esters is 1. The zero-order valence-electron chi connectivity index (χ0n) is 13.3. The van der Waals surface area contributed by atoms with Crippen LogP contribution in [0.2, 0.25) is 6.32 Å². The first kappa shape index (κ1) is 18.5. The third-order valence-corrected chi connectivity index (χ3v) is 4.27. The van der Waals surface area contributed by atoms with Crippen LogP contribution in [0.25, 0.3) is 0 Å². The molecule has 0 bridgehead atoms. The zero-order valence-corrected chi connectivity index (χ0v) is 13.3. The number of allylic oxidation sites excluding steroid dienone is 1. The number of hydrogen-bond donors (Lipinski definition) is 1. The molecule has 120 valence electrons. The molecule has 1 rings (SSSR count). The lowest BCUT2D eigenvalue weighted by Crippen LogP contribution is -2.15. The second-order valence-corrected chi connectivity index (χ2v) is 6.05. The van der Waals surface area contributed by atoms with Gasteiger partial charge in [-0.05, 0) is 49.5 Å². The minimum absolute atomic E-state index is 0.0216. The van der Waals surface area contributed by atoms with Crippen LogP contribution in [-0.4, -0.2) is 31.5 Å². The first-order valence-corrected chi connectivity index (χ1v) is 7.89. The van der Waals surface area contributed by atoms with E-state index in [9.17, 15) is 9.59 Å². The molecular formula is C17H25BO4. The van der Waals surface area contributed by atoms with Crippen LogP contribution in [0.4, 0.5) is 0 Å². The lowest BCUT2D eigenvalue weighted by atomic mass is 9.84. The molecule has 0 aromatic rings. The van der Waals surface area contributed by atoms with Crippen molar-refractivity contribution >= 4 is 19.8 Å². The number of carboxylic acid groups (broad SMARTS) is 1. The molecule has 2 atom stereocenters. The number of carbonyl (C=O) groups is 2. The highest BCUT2D eigenvalue weighted by atomic mass is 16.5. The Morgan fingerprint density at radius 1 is 1.36 bits per heavy atom. The molecule has 5 heteroatoms. The summed E-state index contributed by atoms with van der Waals surface area (Å²) in [7, 11) is 5.23. The fraction of sp³-hybridized carbons (Fsp3) is 0.647. The van der Waals surface area contributed by atoms with Gasteiger partial charge in [0.05, 0.1) is 7.85 Å². The van der Waals surface area contributed by atoms with Crippen LogP contribution in [0.15, 0.2) is 23.8 Å². The predicted octanol–water partition coefficient (Wildman–Crippen LogP) is 3.29. The maximum absolute atomic E-state index is 11.2. The summed E-state index contributed by atoms with van der Waals surface area (Å²) in [6.45, 7) is 6.15. The Morgan fingerprint density at radius 3 is 2.73 bits per heavy atom. The van der Waals surface area contributed by atoms with E-state index in [2.05, 4.69) is 19.6 Å². The van der Waals surface area contributed by atoms with Crippen molar-refractivity contribution in [1.29, 1.82) is 0 Å². The second kappa shape index (κ2) is 9.49. The van der Waals surface area contributed by atoms with E-state index < -0.39 is 11.9 Å². The quantitative estimate of drug-likeness (QED) is 0.366. The molecular weight excluding hydrogens is 279 g/mol. The molecule has 0 heterocycles. The van der Waals surface area contributed by atoms with Crippen molar-refractivity contribution in [1.82, 2.24) is 0 Å². The summed E-state index contributed by atoms with van der Waals surface area (Å²) in [6.07, 6.45) is 7.33. The van der Waals surface area contributed by atoms with Crippen LogP contribution < -0.4 is 0 Å². The van der Waals surface area contributed by atoms with Crippen molar-refractivity contribution in [2.24, 2.45) is 11.8 Å². The number of carbonyl (C=O) groups excluding carboxylic acids is 1. The number of rotatable bonds is 5. The fourth-order valence-corrected chi connectivity index (χ4v) is 2.69. The van der Waals surface area contributed by atoms with Crippen LogP contribution in [0.5, 0.6) is 0 Å². The molecule has 1 aliphatic carbocycles. The summed E-state index contributed by atoms with van der Waals surface area (Å²) in [5.74, 6) is -0.814. The molecule has 0 saturated heterocycles. The first-order chi connectivity index (χ1) is 10.4. The minimum atomic E-state index is -0.921. The molecule has 0 saturated carbocycles. The van der Waals surface area contributed by atoms with Gasteiger partial charge in [0.2, 0.25) is 0 Å². The van der Waals surface area contributed by atoms with Gasteiger partial charge in [0.15, 0.2) is 0 Å². The SMILES string of the molecule is [B]CC(=O)OC/C1=C/CCC(C)CCC(C(=C)C(=O)O)CC1. The van der Waals surface area contributed by atoms with E-state index >= 15 is 0 Å². The van der Waals surface area contributed by atoms with Crippen LogP contribution in [0.1, 0.15) is 45.4 Å². The lowest BCUT2D eigenvalue weighted by Gasteiger charge is -2.22.